The van der Waals surface area contributed by atoms with Crippen LogP contribution in [0.25, 0.3) is 5.78 Å². The molecule has 0 saturated heterocycles. The normalized spacial score (nSPS) is 12.3. The maximum Gasteiger partial charge on any atom is 0.254 e. The van der Waals surface area contributed by atoms with Gasteiger partial charge in [0.25, 0.3) is 5.78 Å². The van der Waals surface area contributed by atoms with Gasteiger partial charge < -0.3 is 5.32 Å². The monoisotopic (exact) mass is 229 g/mol. The smallest absolute Gasteiger partial charge is 0.254 e. The molecule has 1 N–H and O–H groups in total. The van der Waals surface area contributed by atoms with Crippen LogP contribution in [0, 0.1) is 19.3 Å². The van der Waals surface area contributed by atoms with Crippen molar-refractivity contribution in [3.05, 3.63) is 18.1 Å². The maximum absolute atomic E-state index is 5.49. The molecule has 17 heavy (non-hydrogen) atoms. The van der Waals surface area contributed by atoms with Crippen molar-refractivity contribution in [2.24, 2.45) is 0 Å². The first-order valence-electron chi connectivity index (χ1n) is 5.64. The Morgan fingerprint density at radius 2 is 2.41 bits per heavy atom. The van der Waals surface area contributed by atoms with E-state index in [2.05, 4.69) is 33.2 Å². The lowest BCUT2D eigenvalue weighted by molar-refractivity contribution is 0.745. The van der Waals surface area contributed by atoms with E-state index in [4.69, 9.17) is 6.42 Å². The molecular formula is C12H15N5. The van der Waals surface area contributed by atoms with Crippen molar-refractivity contribution >= 4 is 11.6 Å². The minimum atomic E-state index is 0.00852. The second-order valence-electron chi connectivity index (χ2n) is 3.91. The molecule has 0 aliphatic rings. The van der Waals surface area contributed by atoms with Crippen molar-refractivity contribution in [3.63, 3.8) is 0 Å². The average molecular weight is 229 g/mol. The molecule has 1 unspecified atom stereocenters. The third kappa shape index (κ3) is 2.36. The molecule has 0 aliphatic heterocycles. The van der Waals surface area contributed by atoms with Crippen LogP contribution in [-0.2, 0) is 0 Å². The van der Waals surface area contributed by atoms with Gasteiger partial charge in [-0.25, -0.2) is 4.98 Å². The van der Waals surface area contributed by atoms with E-state index >= 15 is 0 Å². The Labute approximate surface area is 100 Å². The summed E-state index contributed by atoms with van der Waals surface area (Å²) >= 11 is 0. The van der Waals surface area contributed by atoms with Gasteiger partial charge >= 0.3 is 0 Å². The first kappa shape index (κ1) is 11.4. The van der Waals surface area contributed by atoms with E-state index in [0.717, 1.165) is 24.4 Å². The van der Waals surface area contributed by atoms with E-state index in [-0.39, 0.29) is 6.04 Å². The fraction of sp³-hybridized carbons (Fsp3) is 0.417. The number of anilines is 1. The first-order chi connectivity index (χ1) is 8.24. The first-order valence-corrected chi connectivity index (χ1v) is 5.64. The van der Waals surface area contributed by atoms with Crippen LogP contribution in [0.3, 0.4) is 0 Å². The molecule has 5 nitrogen and oxygen atoms in total. The zero-order valence-electron chi connectivity index (χ0n) is 10.0. The number of aryl methyl sites for hydroxylation is 1. The Morgan fingerprint density at radius 1 is 1.59 bits per heavy atom. The Morgan fingerprint density at radius 3 is 3.12 bits per heavy atom. The number of hydrogen-bond acceptors (Lipinski definition) is 4. The topological polar surface area (TPSA) is 55.1 Å². The van der Waals surface area contributed by atoms with Gasteiger partial charge in [0.1, 0.15) is 12.1 Å². The predicted octanol–water partition coefficient (Wildman–Crippen LogP) is 1.65. The van der Waals surface area contributed by atoms with Crippen molar-refractivity contribution in [1.29, 1.82) is 0 Å². The molecule has 0 radical (unpaired) electrons. The van der Waals surface area contributed by atoms with Crippen molar-refractivity contribution in [1.82, 2.24) is 19.6 Å². The number of hydrogen-bond donors (Lipinski definition) is 1. The van der Waals surface area contributed by atoms with Gasteiger partial charge in [-0.15, -0.1) is 6.42 Å². The Kier molecular flexibility index (Phi) is 3.24. The molecule has 0 saturated carbocycles. The lowest BCUT2D eigenvalue weighted by Crippen LogP contribution is -2.19. The van der Waals surface area contributed by atoms with Gasteiger partial charge in [-0.3, -0.25) is 0 Å². The lowest BCUT2D eigenvalue weighted by atomic mass is 10.2. The van der Waals surface area contributed by atoms with E-state index < -0.39 is 0 Å². The molecule has 0 aromatic carbocycles. The van der Waals surface area contributed by atoms with E-state index in [9.17, 15) is 0 Å². The summed E-state index contributed by atoms with van der Waals surface area (Å²) in [6.07, 6.45) is 8.93. The summed E-state index contributed by atoms with van der Waals surface area (Å²) in [5.74, 6) is 4.15. The lowest BCUT2D eigenvalue weighted by Gasteiger charge is -2.14. The summed E-state index contributed by atoms with van der Waals surface area (Å²) < 4.78 is 1.66. The van der Waals surface area contributed by atoms with Crippen molar-refractivity contribution < 1.29 is 0 Å². The van der Waals surface area contributed by atoms with Gasteiger partial charge in [-0.1, -0.05) is 19.3 Å². The van der Waals surface area contributed by atoms with E-state index in [1.165, 1.54) is 6.33 Å². The number of nitrogens with zero attached hydrogens (tertiary/aromatic N) is 4. The molecule has 2 rings (SSSR count). The molecular weight excluding hydrogens is 214 g/mol. The van der Waals surface area contributed by atoms with Gasteiger partial charge in [-0.05, 0) is 13.3 Å². The van der Waals surface area contributed by atoms with Gasteiger partial charge in [0.05, 0.1) is 6.04 Å². The molecule has 0 aliphatic carbocycles. The summed E-state index contributed by atoms with van der Waals surface area (Å²) in [5, 5.41) is 7.40. The summed E-state index contributed by atoms with van der Waals surface area (Å²) in [7, 11) is 0. The van der Waals surface area contributed by atoms with Crippen molar-refractivity contribution in [2.45, 2.75) is 32.7 Å². The highest BCUT2D eigenvalue weighted by atomic mass is 15.4. The van der Waals surface area contributed by atoms with E-state index in [1.807, 2.05) is 13.0 Å². The van der Waals surface area contributed by atoms with Crippen molar-refractivity contribution in [2.75, 3.05) is 5.32 Å². The number of rotatable bonds is 4. The Hall–Kier alpha value is -2.09. The third-order valence-corrected chi connectivity index (χ3v) is 2.48. The summed E-state index contributed by atoms with van der Waals surface area (Å²) in [5.41, 5.74) is 0.889. The maximum atomic E-state index is 5.49. The molecule has 0 bridgehead atoms. The van der Waals surface area contributed by atoms with Crippen LogP contribution < -0.4 is 5.32 Å². The minimum absolute atomic E-state index is 0.00852. The zero-order valence-corrected chi connectivity index (χ0v) is 10.0. The van der Waals surface area contributed by atoms with Crippen molar-refractivity contribution in [3.8, 4) is 12.3 Å². The highest BCUT2D eigenvalue weighted by molar-refractivity contribution is 5.46. The molecule has 2 aromatic rings. The number of fused-ring (bicyclic) bond motifs is 1. The zero-order chi connectivity index (χ0) is 12.3. The molecule has 2 aromatic heterocycles. The van der Waals surface area contributed by atoms with Gasteiger partial charge in [0, 0.05) is 11.8 Å². The number of terminal acetylenes is 1. The molecule has 0 spiro atoms. The van der Waals surface area contributed by atoms with Crippen LogP contribution in [0.15, 0.2) is 12.4 Å². The Bertz CT molecular complexity index is 552. The second-order valence-corrected chi connectivity index (χ2v) is 3.91. The average Bonchev–Trinajstić information content (AvgIpc) is 2.76. The van der Waals surface area contributed by atoms with Gasteiger partial charge in [0.15, 0.2) is 0 Å². The van der Waals surface area contributed by atoms with Crippen LogP contribution in [0.1, 0.15) is 25.5 Å². The van der Waals surface area contributed by atoms with Crippen LogP contribution in [-0.4, -0.2) is 25.6 Å². The van der Waals surface area contributed by atoms with Gasteiger partial charge in [0.2, 0.25) is 0 Å². The number of nitrogens with one attached hydrogen (secondary N) is 1. The largest absolute Gasteiger partial charge is 0.356 e. The van der Waals surface area contributed by atoms with Gasteiger partial charge in [-0.2, -0.15) is 14.6 Å². The minimum Gasteiger partial charge on any atom is -0.356 e. The summed E-state index contributed by atoms with van der Waals surface area (Å²) in [6.45, 7) is 4.03. The van der Waals surface area contributed by atoms with E-state index in [1.54, 1.807) is 4.52 Å². The standard InChI is InChI=1S/C12H15N5/c1-4-6-10(5-2)16-11-7-9(3)15-12-13-8-14-17(11)12/h2,7-8,10,16H,4,6H2,1,3H3. The molecule has 0 fully saturated rings. The van der Waals surface area contributed by atoms with Crippen LogP contribution in [0.4, 0.5) is 5.82 Å². The summed E-state index contributed by atoms with van der Waals surface area (Å²) in [6, 6.07) is 1.93. The highest BCUT2D eigenvalue weighted by Gasteiger charge is 2.09. The fourth-order valence-corrected chi connectivity index (χ4v) is 1.70. The quantitative estimate of drug-likeness (QED) is 0.810. The third-order valence-electron chi connectivity index (χ3n) is 2.48. The van der Waals surface area contributed by atoms with Crippen LogP contribution in [0.5, 0.6) is 0 Å². The van der Waals surface area contributed by atoms with Crippen LogP contribution in [0.2, 0.25) is 0 Å². The SMILES string of the molecule is C#CC(CCC)Nc1cc(C)nc2ncnn12. The van der Waals surface area contributed by atoms with Crippen LogP contribution >= 0.6 is 0 Å². The highest BCUT2D eigenvalue weighted by Crippen LogP contribution is 2.12. The Balaban J connectivity index is 2.34. The second kappa shape index (κ2) is 4.83. The predicted molar refractivity (Wildman–Crippen MR) is 66.7 cm³/mol. The molecule has 5 heteroatoms. The molecule has 2 heterocycles. The fourth-order valence-electron chi connectivity index (χ4n) is 1.70. The molecule has 1 atom stereocenters. The number of aromatic nitrogens is 4. The van der Waals surface area contributed by atoms with E-state index in [0.29, 0.717) is 5.78 Å². The molecule has 88 valence electrons. The summed E-state index contributed by atoms with van der Waals surface area (Å²) in [4.78, 5) is 8.34. The molecule has 0 amide bonds.